The molecule has 1 aromatic carbocycles. The summed E-state index contributed by atoms with van der Waals surface area (Å²) < 4.78 is 0. The predicted octanol–water partition coefficient (Wildman–Crippen LogP) is 1.75. The van der Waals surface area contributed by atoms with Crippen molar-refractivity contribution in [2.75, 3.05) is 17.7 Å². The quantitative estimate of drug-likeness (QED) is 0.846. The van der Waals surface area contributed by atoms with Crippen LogP contribution in [-0.2, 0) is 4.79 Å². The molecule has 0 unspecified atom stereocenters. The third-order valence-corrected chi connectivity index (χ3v) is 2.91. The summed E-state index contributed by atoms with van der Waals surface area (Å²) in [7, 11) is 0. The molecule has 1 saturated heterocycles. The zero-order valence-electron chi connectivity index (χ0n) is 7.97. The van der Waals surface area contributed by atoms with Gasteiger partial charge in [-0.3, -0.25) is 14.5 Å². The number of anilines is 1. The van der Waals surface area contributed by atoms with Gasteiger partial charge in [0.25, 0.3) is 5.24 Å². The van der Waals surface area contributed by atoms with E-state index >= 15 is 0 Å². The normalized spacial score (nSPS) is 15.9. The topological polar surface area (TPSA) is 49.4 Å². The zero-order chi connectivity index (χ0) is 10.7. The van der Waals surface area contributed by atoms with Gasteiger partial charge >= 0.3 is 0 Å². The molecule has 0 aliphatic carbocycles. The molecule has 1 aliphatic heterocycles. The summed E-state index contributed by atoms with van der Waals surface area (Å²) in [6.45, 7) is 0.245. The molecule has 1 heterocycles. The lowest BCUT2D eigenvalue weighted by Gasteiger charge is -2.14. The molecule has 1 aliphatic rings. The van der Waals surface area contributed by atoms with E-state index in [-0.39, 0.29) is 23.6 Å². The fourth-order valence-corrected chi connectivity index (χ4v) is 1.99. The highest BCUT2D eigenvalue weighted by Crippen LogP contribution is 2.18. The smallest absolute Gasteiger partial charge is 0.290 e. The average molecular weight is 222 g/mol. The van der Waals surface area contributed by atoms with Crippen LogP contribution in [0.25, 0.3) is 0 Å². The molecule has 0 atom stereocenters. The molecular formula is C10H10N2O2S. The van der Waals surface area contributed by atoms with Gasteiger partial charge in [0.05, 0.1) is 12.4 Å². The number of benzene rings is 1. The number of carbonyl (C=O) groups excluding carboxylic acids is 2. The first kappa shape index (κ1) is 10.0. The van der Waals surface area contributed by atoms with Gasteiger partial charge < -0.3 is 5.32 Å². The van der Waals surface area contributed by atoms with E-state index < -0.39 is 0 Å². The molecule has 0 spiro atoms. The minimum atomic E-state index is -0.177. The fraction of sp³-hybridized carbons (Fsp3) is 0.200. The molecular weight excluding hydrogens is 212 g/mol. The minimum Gasteiger partial charge on any atom is -0.367 e. The van der Waals surface area contributed by atoms with E-state index in [1.54, 1.807) is 0 Å². The monoisotopic (exact) mass is 222 g/mol. The molecule has 2 rings (SSSR count). The van der Waals surface area contributed by atoms with Crippen LogP contribution in [0.1, 0.15) is 0 Å². The Labute approximate surface area is 91.6 Å². The highest BCUT2D eigenvalue weighted by molar-refractivity contribution is 8.14. The van der Waals surface area contributed by atoms with Crippen molar-refractivity contribution in [2.24, 2.45) is 0 Å². The summed E-state index contributed by atoms with van der Waals surface area (Å²) in [6.07, 6.45) is 0. The number of imide groups is 1. The first-order valence-electron chi connectivity index (χ1n) is 4.53. The van der Waals surface area contributed by atoms with Crippen LogP contribution in [0.5, 0.6) is 0 Å². The van der Waals surface area contributed by atoms with Gasteiger partial charge in [0.1, 0.15) is 0 Å². The SMILES string of the molecule is O=C1CSC(=O)N1CNc1ccccc1. The van der Waals surface area contributed by atoms with Crippen molar-refractivity contribution in [1.82, 2.24) is 4.90 Å². The Morgan fingerprint density at radius 1 is 1.27 bits per heavy atom. The number of rotatable bonds is 3. The number of amides is 2. The van der Waals surface area contributed by atoms with Gasteiger partial charge in [0.15, 0.2) is 0 Å². The van der Waals surface area contributed by atoms with Crippen LogP contribution in [0.15, 0.2) is 30.3 Å². The standard InChI is InChI=1S/C10H10N2O2S/c13-9-6-15-10(14)12(9)7-11-8-4-2-1-3-5-8/h1-5,11H,6-7H2. The molecule has 1 aromatic rings. The number of para-hydroxylation sites is 1. The van der Waals surface area contributed by atoms with Gasteiger partial charge in [-0.15, -0.1) is 0 Å². The number of nitrogens with one attached hydrogen (secondary N) is 1. The number of nitrogens with zero attached hydrogens (tertiary/aromatic N) is 1. The lowest BCUT2D eigenvalue weighted by molar-refractivity contribution is -0.124. The van der Waals surface area contributed by atoms with Crippen LogP contribution >= 0.6 is 11.8 Å². The highest BCUT2D eigenvalue weighted by atomic mass is 32.2. The maximum absolute atomic E-state index is 11.3. The summed E-state index contributed by atoms with van der Waals surface area (Å²) >= 11 is 1.05. The number of carbonyl (C=O) groups is 2. The zero-order valence-corrected chi connectivity index (χ0v) is 8.79. The van der Waals surface area contributed by atoms with E-state index in [4.69, 9.17) is 0 Å². The first-order valence-corrected chi connectivity index (χ1v) is 5.52. The Kier molecular flexibility index (Phi) is 2.91. The molecule has 1 N–H and O–H groups in total. The molecule has 5 heteroatoms. The van der Waals surface area contributed by atoms with Crippen molar-refractivity contribution < 1.29 is 9.59 Å². The maximum atomic E-state index is 11.3. The van der Waals surface area contributed by atoms with Gasteiger partial charge in [-0.05, 0) is 12.1 Å². The lowest BCUT2D eigenvalue weighted by atomic mass is 10.3. The number of hydrogen-bond donors (Lipinski definition) is 1. The fourth-order valence-electron chi connectivity index (χ4n) is 1.26. The second-order valence-electron chi connectivity index (χ2n) is 3.08. The van der Waals surface area contributed by atoms with Crippen LogP contribution in [0, 0.1) is 0 Å². The second kappa shape index (κ2) is 4.35. The van der Waals surface area contributed by atoms with Gasteiger partial charge in [-0.1, -0.05) is 30.0 Å². The molecule has 4 nitrogen and oxygen atoms in total. The molecule has 0 saturated carbocycles. The third kappa shape index (κ3) is 2.30. The van der Waals surface area contributed by atoms with Crippen LogP contribution in [0.2, 0.25) is 0 Å². The molecule has 15 heavy (non-hydrogen) atoms. The Balaban J connectivity index is 1.93. The van der Waals surface area contributed by atoms with Gasteiger partial charge in [0.2, 0.25) is 5.91 Å². The van der Waals surface area contributed by atoms with Crippen LogP contribution in [-0.4, -0.2) is 28.5 Å². The van der Waals surface area contributed by atoms with Crippen LogP contribution in [0.3, 0.4) is 0 Å². The minimum absolute atomic E-state index is 0.131. The highest BCUT2D eigenvalue weighted by Gasteiger charge is 2.29. The van der Waals surface area contributed by atoms with E-state index in [0.717, 1.165) is 17.4 Å². The van der Waals surface area contributed by atoms with E-state index in [1.165, 1.54) is 4.90 Å². The van der Waals surface area contributed by atoms with E-state index in [2.05, 4.69) is 5.32 Å². The van der Waals surface area contributed by atoms with Crippen molar-refractivity contribution in [3.8, 4) is 0 Å². The average Bonchev–Trinajstić information content (AvgIpc) is 2.58. The Morgan fingerprint density at radius 2 is 2.00 bits per heavy atom. The maximum Gasteiger partial charge on any atom is 0.290 e. The summed E-state index contributed by atoms with van der Waals surface area (Å²) in [6, 6.07) is 9.47. The molecule has 2 amide bonds. The van der Waals surface area contributed by atoms with Crippen molar-refractivity contribution >= 4 is 28.6 Å². The molecule has 0 aromatic heterocycles. The van der Waals surface area contributed by atoms with E-state index in [1.807, 2.05) is 30.3 Å². The number of hydrogen-bond acceptors (Lipinski definition) is 4. The molecule has 78 valence electrons. The van der Waals surface area contributed by atoms with Crippen LogP contribution in [0.4, 0.5) is 10.5 Å². The van der Waals surface area contributed by atoms with Crippen molar-refractivity contribution in [3.05, 3.63) is 30.3 Å². The third-order valence-electron chi connectivity index (χ3n) is 2.06. The summed E-state index contributed by atoms with van der Waals surface area (Å²) in [4.78, 5) is 23.7. The Hall–Kier alpha value is -1.49. The second-order valence-corrected chi connectivity index (χ2v) is 4.00. The largest absolute Gasteiger partial charge is 0.367 e. The lowest BCUT2D eigenvalue weighted by Crippen LogP contribution is -2.33. The van der Waals surface area contributed by atoms with E-state index in [9.17, 15) is 9.59 Å². The van der Waals surface area contributed by atoms with Gasteiger partial charge in [-0.25, -0.2) is 0 Å². The Morgan fingerprint density at radius 3 is 2.60 bits per heavy atom. The summed E-state index contributed by atoms with van der Waals surface area (Å²) in [5.74, 6) is 0.128. The predicted molar refractivity (Wildman–Crippen MR) is 59.6 cm³/mol. The Bertz CT molecular complexity index is 364. The van der Waals surface area contributed by atoms with Crippen molar-refractivity contribution in [1.29, 1.82) is 0 Å². The molecule has 1 fully saturated rings. The summed E-state index contributed by atoms with van der Waals surface area (Å²) in [5.41, 5.74) is 0.898. The van der Waals surface area contributed by atoms with Crippen LogP contribution < -0.4 is 5.32 Å². The first-order chi connectivity index (χ1) is 7.27. The van der Waals surface area contributed by atoms with Gasteiger partial charge in [-0.2, -0.15) is 0 Å². The summed E-state index contributed by atoms with van der Waals surface area (Å²) in [5, 5.41) is 2.84. The molecule has 0 bridgehead atoms. The van der Waals surface area contributed by atoms with Crippen molar-refractivity contribution in [3.63, 3.8) is 0 Å². The van der Waals surface area contributed by atoms with Gasteiger partial charge in [0, 0.05) is 5.69 Å². The van der Waals surface area contributed by atoms with E-state index in [0.29, 0.717) is 0 Å². The number of thioether (sulfide) groups is 1. The van der Waals surface area contributed by atoms with Crippen molar-refractivity contribution in [2.45, 2.75) is 0 Å². The molecule has 0 radical (unpaired) electrons.